The standard InChI is InChI=1S/C19H21BrN2O3/c1-19(2,3)14-7-5-12(6-8-14)18(24)22-21-11-13-9-16(23)17(25-4)10-15(13)20/h5-11,23H,1-4H3,(H,22,24)/b21-11-. The van der Waals surface area contributed by atoms with Crippen molar-refractivity contribution in [2.75, 3.05) is 7.11 Å². The van der Waals surface area contributed by atoms with Crippen LogP contribution in [0.5, 0.6) is 11.5 Å². The number of aromatic hydroxyl groups is 1. The number of hydrazone groups is 1. The van der Waals surface area contributed by atoms with Crippen LogP contribution in [0.1, 0.15) is 42.3 Å². The average molecular weight is 405 g/mol. The fourth-order valence-electron chi connectivity index (χ4n) is 2.17. The van der Waals surface area contributed by atoms with Crippen molar-refractivity contribution in [2.45, 2.75) is 26.2 Å². The minimum Gasteiger partial charge on any atom is -0.504 e. The lowest BCUT2D eigenvalue weighted by Crippen LogP contribution is -2.18. The van der Waals surface area contributed by atoms with Gasteiger partial charge in [0.05, 0.1) is 13.3 Å². The van der Waals surface area contributed by atoms with Gasteiger partial charge in [-0.05, 0) is 51.2 Å². The summed E-state index contributed by atoms with van der Waals surface area (Å²) >= 11 is 3.37. The molecular weight excluding hydrogens is 384 g/mol. The first kappa shape index (κ1) is 19.0. The molecule has 0 aliphatic carbocycles. The number of phenols is 1. The Labute approximate surface area is 155 Å². The number of benzene rings is 2. The second-order valence-corrected chi connectivity index (χ2v) is 7.43. The SMILES string of the molecule is COc1cc(Br)c(/C=N\NC(=O)c2ccc(C(C)(C)C)cc2)cc1O. The van der Waals surface area contributed by atoms with Crippen LogP contribution in [0.25, 0.3) is 0 Å². The summed E-state index contributed by atoms with van der Waals surface area (Å²) in [7, 11) is 1.47. The van der Waals surface area contributed by atoms with Gasteiger partial charge in [-0.1, -0.05) is 32.9 Å². The quantitative estimate of drug-likeness (QED) is 0.591. The highest BCUT2D eigenvalue weighted by atomic mass is 79.9. The third-order valence-electron chi connectivity index (χ3n) is 3.68. The highest BCUT2D eigenvalue weighted by Gasteiger charge is 2.14. The molecule has 2 N–H and O–H groups in total. The third-order valence-corrected chi connectivity index (χ3v) is 4.37. The Kier molecular flexibility index (Phi) is 5.85. The molecular formula is C19H21BrN2O3. The molecule has 2 rings (SSSR count). The highest BCUT2D eigenvalue weighted by Crippen LogP contribution is 2.31. The molecule has 0 heterocycles. The number of halogens is 1. The molecule has 0 bridgehead atoms. The number of phenolic OH excluding ortho intramolecular Hbond substituents is 1. The van der Waals surface area contributed by atoms with Crippen LogP contribution in [0.15, 0.2) is 46.0 Å². The van der Waals surface area contributed by atoms with E-state index < -0.39 is 0 Å². The highest BCUT2D eigenvalue weighted by molar-refractivity contribution is 9.10. The summed E-state index contributed by atoms with van der Waals surface area (Å²) in [5.41, 5.74) is 4.81. The predicted octanol–water partition coefficient (Wildman–Crippen LogP) is 4.22. The number of rotatable bonds is 4. The van der Waals surface area contributed by atoms with E-state index in [4.69, 9.17) is 4.74 Å². The van der Waals surface area contributed by atoms with Gasteiger partial charge < -0.3 is 9.84 Å². The van der Waals surface area contributed by atoms with E-state index in [0.29, 0.717) is 21.3 Å². The zero-order valence-corrected chi connectivity index (χ0v) is 16.2. The molecule has 0 saturated heterocycles. The average Bonchev–Trinajstić information content (AvgIpc) is 2.56. The Morgan fingerprint density at radius 1 is 1.24 bits per heavy atom. The first-order chi connectivity index (χ1) is 11.7. The van der Waals surface area contributed by atoms with E-state index in [-0.39, 0.29) is 17.1 Å². The van der Waals surface area contributed by atoms with Crippen LogP contribution in [0.4, 0.5) is 0 Å². The van der Waals surface area contributed by atoms with Crippen LogP contribution >= 0.6 is 15.9 Å². The Balaban J connectivity index is 2.07. The summed E-state index contributed by atoms with van der Waals surface area (Å²) in [6, 6.07) is 10.6. The normalized spacial score (nSPS) is 11.6. The molecule has 2 aromatic rings. The molecule has 5 nitrogen and oxygen atoms in total. The van der Waals surface area contributed by atoms with E-state index >= 15 is 0 Å². The molecule has 0 atom stereocenters. The van der Waals surface area contributed by atoms with E-state index in [0.717, 1.165) is 5.56 Å². The predicted molar refractivity (Wildman–Crippen MR) is 103 cm³/mol. The number of amides is 1. The Morgan fingerprint density at radius 3 is 2.44 bits per heavy atom. The minimum atomic E-state index is -0.300. The van der Waals surface area contributed by atoms with Gasteiger partial charge in [-0.2, -0.15) is 5.10 Å². The fraction of sp³-hybridized carbons (Fsp3) is 0.263. The summed E-state index contributed by atoms with van der Waals surface area (Å²) in [6.45, 7) is 6.36. The number of methoxy groups -OCH3 is 1. The van der Waals surface area contributed by atoms with Crippen molar-refractivity contribution in [3.63, 3.8) is 0 Å². The molecule has 0 aliphatic heterocycles. The van der Waals surface area contributed by atoms with E-state index in [1.165, 1.54) is 19.4 Å². The lowest BCUT2D eigenvalue weighted by molar-refractivity contribution is 0.0955. The van der Waals surface area contributed by atoms with Gasteiger partial charge in [0.1, 0.15) is 0 Å². The van der Waals surface area contributed by atoms with Crippen molar-refractivity contribution < 1.29 is 14.6 Å². The third kappa shape index (κ3) is 4.82. The number of ether oxygens (including phenoxy) is 1. The summed E-state index contributed by atoms with van der Waals surface area (Å²) in [5.74, 6) is 0.0498. The zero-order valence-electron chi connectivity index (χ0n) is 14.6. The second-order valence-electron chi connectivity index (χ2n) is 6.57. The molecule has 132 valence electrons. The Morgan fingerprint density at radius 2 is 1.88 bits per heavy atom. The maximum Gasteiger partial charge on any atom is 0.271 e. The summed E-state index contributed by atoms with van der Waals surface area (Å²) in [5, 5.41) is 13.7. The maximum absolute atomic E-state index is 12.1. The molecule has 0 fully saturated rings. The second kappa shape index (κ2) is 7.70. The molecule has 2 aromatic carbocycles. The van der Waals surface area contributed by atoms with Gasteiger partial charge in [0, 0.05) is 15.6 Å². The van der Waals surface area contributed by atoms with Crippen molar-refractivity contribution in [3.8, 4) is 11.5 Å². The van der Waals surface area contributed by atoms with Gasteiger partial charge in [-0.15, -0.1) is 0 Å². The number of hydrogen-bond acceptors (Lipinski definition) is 4. The van der Waals surface area contributed by atoms with E-state index in [1.54, 1.807) is 18.2 Å². The van der Waals surface area contributed by atoms with Gasteiger partial charge in [-0.25, -0.2) is 5.43 Å². The van der Waals surface area contributed by atoms with E-state index in [1.807, 2.05) is 12.1 Å². The van der Waals surface area contributed by atoms with E-state index in [2.05, 4.69) is 47.2 Å². The van der Waals surface area contributed by atoms with Crippen molar-refractivity contribution in [1.82, 2.24) is 5.43 Å². The van der Waals surface area contributed by atoms with Crippen molar-refractivity contribution in [3.05, 3.63) is 57.6 Å². The fourth-order valence-corrected chi connectivity index (χ4v) is 2.59. The molecule has 1 amide bonds. The van der Waals surface area contributed by atoms with Crippen LogP contribution in [-0.4, -0.2) is 24.3 Å². The zero-order chi connectivity index (χ0) is 18.6. The van der Waals surface area contributed by atoms with Crippen LogP contribution in [0.2, 0.25) is 0 Å². The summed E-state index contributed by atoms with van der Waals surface area (Å²) in [4.78, 5) is 12.1. The number of nitrogens with zero attached hydrogens (tertiary/aromatic N) is 1. The van der Waals surface area contributed by atoms with Crippen LogP contribution in [0, 0.1) is 0 Å². The molecule has 0 spiro atoms. The maximum atomic E-state index is 12.1. The number of carbonyl (C=O) groups is 1. The minimum absolute atomic E-state index is 0.00348. The van der Waals surface area contributed by atoms with Crippen molar-refractivity contribution in [2.24, 2.45) is 5.10 Å². The number of carbonyl (C=O) groups excluding carboxylic acids is 1. The van der Waals surface area contributed by atoms with Gasteiger partial charge in [0.15, 0.2) is 11.5 Å². The van der Waals surface area contributed by atoms with Crippen molar-refractivity contribution in [1.29, 1.82) is 0 Å². The number of nitrogens with one attached hydrogen (secondary N) is 1. The molecule has 0 aromatic heterocycles. The van der Waals surface area contributed by atoms with Gasteiger partial charge in [-0.3, -0.25) is 4.79 Å². The molecule has 6 heteroatoms. The van der Waals surface area contributed by atoms with Crippen LogP contribution in [0.3, 0.4) is 0 Å². The van der Waals surface area contributed by atoms with Gasteiger partial charge >= 0.3 is 0 Å². The molecule has 0 radical (unpaired) electrons. The van der Waals surface area contributed by atoms with Crippen LogP contribution in [-0.2, 0) is 5.41 Å². The summed E-state index contributed by atoms with van der Waals surface area (Å²) in [6.07, 6.45) is 1.45. The lowest BCUT2D eigenvalue weighted by Gasteiger charge is -2.18. The Bertz CT molecular complexity index is 794. The van der Waals surface area contributed by atoms with Gasteiger partial charge in [0.2, 0.25) is 0 Å². The first-order valence-electron chi connectivity index (χ1n) is 7.73. The van der Waals surface area contributed by atoms with Gasteiger partial charge in [0.25, 0.3) is 5.91 Å². The molecule has 0 saturated carbocycles. The smallest absolute Gasteiger partial charge is 0.271 e. The number of hydrogen-bond donors (Lipinski definition) is 2. The van der Waals surface area contributed by atoms with E-state index in [9.17, 15) is 9.90 Å². The summed E-state index contributed by atoms with van der Waals surface area (Å²) < 4.78 is 5.71. The van der Waals surface area contributed by atoms with Crippen LogP contribution < -0.4 is 10.2 Å². The lowest BCUT2D eigenvalue weighted by atomic mass is 9.87. The molecule has 0 unspecified atom stereocenters. The molecule has 0 aliphatic rings. The molecule has 25 heavy (non-hydrogen) atoms. The monoisotopic (exact) mass is 404 g/mol. The topological polar surface area (TPSA) is 70.9 Å². The largest absolute Gasteiger partial charge is 0.504 e. The van der Waals surface area contributed by atoms with Crippen molar-refractivity contribution >= 4 is 28.1 Å². The first-order valence-corrected chi connectivity index (χ1v) is 8.52. The Hall–Kier alpha value is -2.34.